The van der Waals surface area contributed by atoms with Crippen molar-refractivity contribution < 1.29 is 8.42 Å². The van der Waals surface area contributed by atoms with Crippen LogP contribution in [0.25, 0.3) is 0 Å². The Bertz CT molecular complexity index is 344. The normalized spacial score (nSPS) is 19.9. The third kappa shape index (κ3) is 3.44. The number of nitrogens with zero attached hydrogens (tertiary/aromatic N) is 2. The van der Waals surface area contributed by atoms with Crippen molar-refractivity contribution in [3.63, 3.8) is 0 Å². The number of likely N-dealkylation sites (N-methyl/N-ethyl adjacent to an activating group) is 1. The lowest BCUT2D eigenvalue weighted by Gasteiger charge is -2.37. The minimum absolute atomic E-state index is 0.000221. The Morgan fingerprint density at radius 2 is 1.61 bits per heavy atom. The van der Waals surface area contributed by atoms with Crippen molar-refractivity contribution in [2.75, 3.05) is 33.7 Å². The second-order valence-corrected chi connectivity index (χ2v) is 6.99. The zero-order valence-corrected chi connectivity index (χ0v) is 12.9. The van der Waals surface area contributed by atoms with Gasteiger partial charge in [0.05, 0.1) is 0 Å². The van der Waals surface area contributed by atoms with Crippen LogP contribution in [0.15, 0.2) is 0 Å². The SMILES string of the molecule is CCN(CC)S(=O)(=O)NCC1(N(C)C)CCCC1. The van der Waals surface area contributed by atoms with Gasteiger partial charge in [-0.2, -0.15) is 12.7 Å². The number of rotatable bonds is 7. The van der Waals surface area contributed by atoms with Gasteiger partial charge < -0.3 is 4.90 Å². The molecule has 1 fully saturated rings. The van der Waals surface area contributed by atoms with E-state index in [-0.39, 0.29) is 5.54 Å². The summed E-state index contributed by atoms with van der Waals surface area (Å²) in [5, 5.41) is 0. The summed E-state index contributed by atoms with van der Waals surface area (Å²) in [6, 6.07) is 0. The summed E-state index contributed by atoms with van der Waals surface area (Å²) in [6.45, 7) is 5.26. The lowest BCUT2D eigenvalue weighted by molar-refractivity contribution is 0.161. The molecule has 1 saturated carbocycles. The van der Waals surface area contributed by atoms with Crippen LogP contribution in [-0.4, -0.2) is 56.9 Å². The summed E-state index contributed by atoms with van der Waals surface area (Å²) in [6.07, 6.45) is 4.51. The lowest BCUT2D eigenvalue weighted by Crippen LogP contribution is -2.53. The van der Waals surface area contributed by atoms with Crippen molar-refractivity contribution in [1.29, 1.82) is 0 Å². The molecule has 18 heavy (non-hydrogen) atoms. The molecule has 108 valence electrons. The molecule has 6 heteroatoms. The molecule has 5 nitrogen and oxygen atoms in total. The first kappa shape index (κ1) is 15.9. The molecule has 0 aliphatic heterocycles. The Morgan fingerprint density at radius 1 is 1.11 bits per heavy atom. The maximum Gasteiger partial charge on any atom is 0.279 e. The summed E-state index contributed by atoms with van der Waals surface area (Å²) in [5.74, 6) is 0. The minimum atomic E-state index is -3.32. The molecule has 0 aromatic rings. The molecule has 0 heterocycles. The molecule has 0 unspecified atom stereocenters. The first-order valence-corrected chi connectivity index (χ1v) is 8.24. The van der Waals surface area contributed by atoms with Crippen molar-refractivity contribution in [3.8, 4) is 0 Å². The van der Waals surface area contributed by atoms with Gasteiger partial charge in [-0.05, 0) is 26.9 Å². The molecular formula is C12H27N3O2S. The van der Waals surface area contributed by atoms with Gasteiger partial charge in [0, 0.05) is 25.2 Å². The summed E-state index contributed by atoms with van der Waals surface area (Å²) >= 11 is 0. The average Bonchev–Trinajstić information content (AvgIpc) is 2.78. The zero-order valence-electron chi connectivity index (χ0n) is 12.1. The first-order chi connectivity index (χ1) is 8.38. The third-order valence-corrected chi connectivity index (χ3v) is 5.82. The van der Waals surface area contributed by atoms with Crippen molar-refractivity contribution in [1.82, 2.24) is 13.9 Å². The highest BCUT2D eigenvalue weighted by Gasteiger charge is 2.37. The van der Waals surface area contributed by atoms with E-state index in [0.29, 0.717) is 19.6 Å². The standard InChI is InChI=1S/C12H27N3O2S/c1-5-15(6-2)18(16,17)13-11-12(14(3)4)9-7-8-10-12/h13H,5-11H2,1-4H3. The van der Waals surface area contributed by atoms with Crippen LogP contribution >= 0.6 is 0 Å². The molecule has 0 radical (unpaired) electrons. The van der Waals surface area contributed by atoms with E-state index < -0.39 is 10.2 Å². The smallest absolute Gasteiger partial charge is 0.279 e. The monoisotopic (exact) mass is 277 g/mol. The van der Waals surface area contributed by atoms with Gasteiger partial charge >= 0.3 is 0 Å². The Hall–Kier alpha value is -0.170. The highest BCUT2D eigenvalue weighted by atomic mass is 32.2. The quantitative estimate of drug-likeness (QED) is 0.756. The number of hydrogen-bond acceptors (Lipinski definition) is 3. The van der Waals surface area contributed by atoms with Gasteiger partial charge in [-0.3, -0.25) is 0 Å². The molecule has 0 aromatic heterocycles. The van der Waals surface area contributed by atoms with Gasteiger partial charge in [0.25, 0.3) is 10.2 Å². The Morgan fingerprint density at radius 3 is 2.00 bits per heavy atom. The summed E-state index contributed by atoms with van der Waals surface area (Å²) in [7, 11) is 0.752. The van der Waals surface area contributed by atoms with Crippen LogP contribution in [0.1, 0.15) is 39.5 Å². The predicted molar refractivity (Wildman–Crippen MR) is 74.7 cm³/mol. The summed E-state index contributed by atoms with van der Waals surface area (Å²) in [4.78, 5) is 2.17. The van der Waals surface area contributed by atoms with Gasteiger partial charge in [-0.25, -0.2) is 4.72 Å². The van der Waals surface area contributed by atoms with Gasteiger partial charge in [-0.15, -0.1) is 0 Å². The van der Waals surface area contributed by atoms with E-state index in [4.69, 9.17) is 0 Å². The highest BCUT2D eigenvalue weighted by molar-refractivity contribution is 7.87. The van der Waals surface area contributed by atoms with Crippen molar-refractivity contribution in [2.45, 2.75) is 45.1 Å². The maximum absolute atomic E-state index is 12.1. The van der Waals surface area contributed by atoms with E-state index in [1.165, 1.54) is 17.1 Å². The Labute approximate surface area is 112 Å². The van der Waals surface area contributed by atoms with Crippen LogP contribution in [0.2, 0.25) is 0 Å². The Kier molecular flexibility index (Phi) is 5.58. The predicted octanol–water partition coefficient (Wildman–Crippen LogP) is 1.04. The highest BCUT2D eigenvalue weighted by Crippen LogP contribution is 2.33. The molecule has 0 bridgehead atoms. The molecule has 1 N–H and O–H groups in total. The fourth-order valence-electron chi connectivity index (χ4n) is 2.70. The molecule has 0 atom stereocenters. The average molecular weight is 277 g/mol. The maximum atomic E-state index is 12.1. The largest absolute Gasteiger partial charge is 0.302 e. The van der Waals surface area contributed by atoms with Crippen LogP contribution < -0.4 is 4.72 Å². The molecule has 1 rings (SSSR count). The van der Waals surface area contributed by atoms with E-state index in [1.54, 1.807) is 0 Å². The third-order valence-electron chi connectivity index (χ3n) is 4.11. The first-order valence-electron chi connectivity index (χ1n) is 6.80. The summed E-state index contributed by atoms with van der Waals surface area (Å²) in [5.41, 5.74) is 0.000221. The fourth-order valence-corrected chi connectivity index (χ4v) is 4.01. The van der Waals surface area contributed by atoms with E-state index in [0.717, 1.165) is 12.8 Å². The molecule has 0 spiro atoms. The van der Waals surface area contributed by atoms with Crippen LogP contribution in [-0.2, 0) is 10.2 Å². The molecule has 0 saturated heterocycles. The van der Waals surface area contributed by atoms with Crippen LogP contribution in [0, 0.1) is 0 Å². The van der Waals surface area contributed by atoms with Crippen molar-refractivity contribution in [2.24, 2.45) is 0 Å². The van der Waals surface area contributed by atoms with Crippen molar-refractivity contribution in [3.05, 3.63) is 0 Å². The van der Waals surface area contributed by atoms with E-state index >= 15 is 0 Å². The molecule has 0 amide bonds. The van der Waals surface area contributed by atoms with E-state index in [9.17, 15) is 8.42 Å². The topological polar surface area (TPSA) is 52.7 Å². The lowest BCUT2D eigenvalue weighted by atomic mass is 9.97. The van der Waals surface area contributed by atoms with Crippen LogP contribution in [0.3, 0.4) is 0 Å². The van der Waals surface area contributed by atoms with Gasteiger partial charge in [0.1, 0.15) is 0 Å². The van der Waals surface area contributed by atoms with Crippen molar-refractivity contribution >= 4 is 10.2 Å². The van der Waals surface area contributed by atoms with Gasteiger partial charge in [-0.1, -0.05) is 26.7 Å². The van der Waals surface area contributed by atoms with E-state index in [2.05, 4.69) is 9.62 Å². The van der Waals surface area contributed by atoms with E-state index in [1.807, 2.05) is 27.9 Å². The fraction of sp³-hybridized carbons (Fsp3) is 1.00. The second-order valence-electron chi connectivity index (χ2n) is 5.24. The molecule has 1 aliphatic carbocycles. The van der Waals surface area contributed by atoms with Crippen LogP contribution in [0.5, 0.6) is 0 Å². The molecule has 0 aromatic carbocycles. The molecule has 1 aliphatic rings. The second kappa shape index (κ2) is 6.32. The Balaban J connectivity index is 2.68. The number of nitrogens with one attached hydrogen (secondary N) is 1. The summed E-state index contributed by atoms with van der Waals surface area (Å²) < 4.78 is 28.5. The molecular weight excluding hydrogens is 250 g/mol. The van der Waals surface area contributed by atoms with Crippen LogP contribution in [0.4, 0.5) is 0 Å². The number of hydrogen-bond donors (Lipinski definition) is 1. The minimum Gasteiger partial charge on any atom is -0.302 e. The zero-order chi connectivity index (χ0) is 13.8. The van der Waals surface area contributed by atoms with Gasteiger partial charge in [0.2, 0.25) is 0 Å². The van der Waals surface area contributed by atoms with Gasteiger partial charge in [0.15, 0.2) is 0 Å².